The van der Waals surface area contributed by atoms with E-state index in [-0.39, 0.29) is 0 Å². The molecular weight excluding hydrogens is 164 g/mol. The molecule has 0 saturated carbocycles. The maximum absolute atomic E-state index is 4.43. The van der Waals surface area contributed by atoms with E-state index in [0.29, 0.717) is 0 Å². The maximum atomic E-state index is 4.43. The van der Waals surface area contributed by atoms with Crippen LogP contribution in [0, 0.1) is 13.8 Å². The van der Waals surface area contributed by atoms with Crippen LogP contribution in [-0.2, 0) is 6.42 Å². The predicted molar refractivity (Wildman–Crippen MR) is 57.2 cm³/mol. The number of hydrogen-bond donors (Lipinski definition) is 1. The summed E-state index contributed by atoms with van der Waals surface area (Å²) in [6.07, 6.45) is 2.37. The zero-order chi connectivity index (χ0) is 9.14. The van der Waals surface area contributed by atoms with Gasteiger partial charge in [-0.3, -0.25) is 0 Å². The van der Waals surface area contributed by atoms with Crippen molar-refractivity contribution in [1.82, 2.24) is 0 Å². The van der Waals surface area contributed by atoms with Crippen molar-refractivity contribution in [1.29, 1.82) is 0 Å². The topological polar surface area (TPSA) is 0 Å². The molecule has 0 aliphatic heterocycles. The highest BCUT2D eigenvalue weighted by Crippen LogP contribution is 2.20. The molecule has 1 aromatic rings. The van der Waals surface area contributed by atoms with Gasteiger partial charge in [0.2, 0.25) is 0 Å². The molecule has 0 spiro atoms. The van der Waals surface area contributed by atoms with Crippen molar-refractivity contribution in [2.45, 2.75) is 38.5 Å². The number of thiol groups is 1. The van der Waals surface area contributed by atoms with Crippen molar-refractivity contribution in [2.24, 2.45) is 0 Å². The lowest BCUT2D eigenvalue weighted by Gasteiger charge is -2.08. The number of benzene rings is 1. The first-order valence-electron chi connectivity index (χ1n) is 4.44. The third kappa shape index (κ3) is 2.04. The number of rotatable bonds is 2. The maximum Gasteiger partial charge on any atom is 0.00746 e. The summed E-state index contributed by atoms with van der Waals surface area (Å²) in [6.45, 7) is 6.48. The second-order valence-electron chi connectivity index (χ2n) is 3.32. The minimum atomic E-state index is 1.12. The zero-order valence-electron chi connectivity index (χ0n) is 8.02. The van der Waals surface area contributed by atoms with Crippen molar-refractivity contribution in [3.05, 3.63) is 28.8 Å². The molecule has 1 aromatic carbocycles. The van der Waals surface area contributed by atoms with E-state index in [2.05, 4.69) is 45.5 Å². The van der Waals surface area contributed by atoms with E-state index >= 15 is 0 Å². The smallest absolute Gasteiger partial charge is 0.00746 e. The minimum Gasteiger partial charge on any atom is -0.143 e. The summed E-state index contributed by atoms with van der Waals surface area (Å²) >= 11 is 4.43. The lowest BCUT2D eigenvalue weighted by atomic mass is 10.0. The molecule has 1 rings (SSSR count). The number of aryl methyl sites for hydroxylation is 2. The molecule has 0 heterocycles. The molecule has 0 bridgehead atoms. The molecule has 0 saturated heterocycles. The Balaban J connectivity index is 3.09. The van der Waals surface area contributed by atoms with Crippen LogP contribution in [-0.4, -0.2) is 0 Å². The van der Waals surface area contributed by atoms with Crippen molar-refractivity contribution < 1.29 is 0 Å². The number of hydrogen-bond acceptors (Lipinski definition) is 1. The van der Waals surface area contributed by atoms with Gasteiger partial charge in [-0.2, -0.15) is 0 Å². The van der Waals surface area contributed by atoms with Gasteiger partial charge in [0.05, 0.1) is 0 Å². The van der Waals surface area contributed by atoms with Crippen molar-refractivity contribution in [2.75, 3.05) is 0 Å². The molecule has 0 aliphatic rings. The summed E-state index contributed by atoms with van der Waals surface area (Å²) in [5.74, 6) is 0. The monoisotopic (exact) mass is 180 g/mol. The fourth-order valence-electron chi connectivity index (χ4n) is 1.44. The third-order valence-corrected chi connectivity index (χ3v) is 2.62. The van der Waals surface area contributed by atoms with Crippen molar-refractivity contribution in [3.8, 4) is 0 Å². The molecule has 0 amide bonds. The van der Waals surface area contributed by atoms with Gasteiger partial charge in [0.25, 0.3) is 0 Å². The van der Waals surface area contributed by atoms with Crippen LogP contribution in [0.2, 0.25) is 0 Å². The van der Waals surface area contributed by atoms with Gasteiger partial charge < -0.3 is 0 Å². The second-order valence-corrected chi connectivity index (χ2v) is 3.80. The Hall–Kier alpha value is -0.430. The normalized spacial score (nSPS) is 10.3. The summed E-state index contributed by atoms with van der Waals surface area (Å²) in [5.41, 5.74) is 4.10. The standard InChI is InChI=1S/C11H16S/c1-4-5-10-6-8(2)7-11(12)9(10)3/h6-7,12H,4-5H2,1-3H3. The van der Waals surface area contributed by atoms with Gasteiger partial charge in [0.15, 0.2) is 0 Å². The first-order chi connectivity index (χ1) is 5.65. The van der Waals surface area contributed by atoms with Crippen LogP contribution in [0.5, 0.6) is 0 Å². The Morgan fingerprint density at radius 1 is 1.25 bits per heavy atom. The quantitative estimate of drug-likeness (QED) is 0.661. The Kier molecular flexibility index (Phi) is 3.21. The average molecular weight is 180 g/mol. The molecule has 0 atom stereocenters. The minimum absolute atomic E-state index is 1.12. The Labute approximate surface area is 80.4 Å². The Bertz CT molecular complexity index is 277. The Morgan fingerprint density at radius 2 is 1.92 bits per heavy atom. The van der Waals surface area contributed by atoms with E-state index < -0.39 is 0 Å². The molecule has 0 unspecified atom stereocenters. The Morgan fingerprint density at radius 3 is 2.50 bits per heavy atom. The summed E-state index contributed by atoms with van der Waals surface area (Å²) in [4.78, 5) is 1.12. The average Bonchev–Trinajstić information content (AvgIpc) is 2.00. The first-order valence-corrected chi connectivity index (χ1v) is 4.89. The van der Waals surface area contributed by atoms with E-state index in [0.717, 1.165) is 4.90 Å². The molecule has 1 heteroatoms. The molecule has 0 N–H and O–H groups in total. The summed E-state index contributed by atoms with van der Waals surface area (Å²) < 4.78 is 0. The first kappa shape index (κ1) is 9.66. The SMILES string of the molecule is CCCc1cc(C)cc(S)c1C. The lowest BCUT2D eigenvalue weighted by Crippen LogP contribution is -1.91. The van der Waals surface area contributed by atoms with Gasteiger partial charge in [-0.15, -0.1) is 12.6 Å². The van der Waals surface area contributed by atoms with Gasteiger partial charge in [-0.05, 0) is 43.0 Å². The van der Waals surface area contributed by atoms with Crippen molar-refractivity contribution >= 4 is 12.6 Å². The molecule has 66 valence electrons. The molecule has 0 aliphatic carbocycles. The van der Waals surface area contributed by atoms with Gasteiger partial charge in [-0.1, -0.05) is 19.4 Å². The summed E-state index contributed by atoms with van der Waals surface area (Å²) in [6, 6.07) is 4.39. The third-order valence-electron chi connectivity index (χ3n) is 2.15. The van der Waals surface area contributed by atoms with E-state index in [9.17, 15) is 0 Å². The van der Waals surface area contributed by atoms with Gasteiger partial charge in [-0.25, -0.2) is 0 Å². The second kappa shape index (κ2) is 3.99. The predicted octanol–water partition coefficient (Wildman–Crippen LogP) is 3.54. The summed E-state index contributed by atoms with van der Waals surface area (Å²) in [7, 11) is 0. The highest BCUT2D eigenvalue weighted by molar-refractivity contribution is 7.80. The zero-order valence-corrected chi connectivity index (χ0v) is 8.91. The van der Waals surface area contributed by atoms with Crippen molar-refractivity contribution in [3.63, 3.8) is 0 Å². The van der Waals surface area contributed by atoms with Gasteiger partial charge in [0, 0.05) is 4.90 Å². The largest absolute Gasteiger partial charge is 0.143 e. The van der Waals surface area contributed by atoms with Crippen LogP contribution in [0.25, 0.3) is 0 Å². The van der Waals surface area contributed by atoms with E-state index in [1.807, 2.05) is 0 Å². The van der Waals surface area contributed by atoms with E-state index in [1.54, 1.807) is 0 Å². The highest BCUT2D eigenvalue weighted by Gasteiger charge is 2.01. The molecule has 0 nitrogen and oxygen atoms in total. The molecular formula is C11H16S. The highest BCUT2D eigenvalue weighted by atomic mass is 32.1. The lowest BCUT2D eigenvalue weighted by molar-refractivity contribution is 0.903. The fourth-order valence-corrected chi connectivity index (χ4v) is 1.79. The van der Waals surface area contributed by atoms with Crippen LogP contribution in [0.1, 0.15) is 30.0 Å². The van der Waals surface area contributed by atoms with E-state index in [4.69, 9.17) is 0 Å². The van der Waals surface area contributed by atoms with Gasteiger partial charge in [0.1, 0.15) is 0 Å². The van der Waals surface area contributed by atoms with Crippen LogP contribution >= 0.6 is 12.6 Å². The van der Waals surface area contributed by atoms with Gasteiger partial charge >= 0.3 is 0 Å². The van der Waals surface area contributed by atoms with E-state index in [1.165, 1.54) is 29.5 Å². The molecule has 12 heavy (non-hydrogen) atoms. The van der Waals surface area contributed by atoms with Crippen LogP contribution in [0.15, 0.2) is 17.0 Å². The molecule has 0 aromatic heterocycles. The fraction of sp³-hybridized carbons (Fsp3) is 0.455. The summed E-state index contributed by atoms with van der Waals surface area (Å²) in [5, 5.41) is 0. The molecule has 0 radical (unpaired) electrons. The van der Waals surface area contributed by atoms with Crippen LogP contribution in [0.4, 0.5) is 0 Å². The van der Waals surface area contributed by atoms with Crippen LogP contribution < -0.4 is 0 Å². The molecule has 0 fully saturated rings. The van der Waals surface area contributed by atoms with Crippen LogP contribution in [0.3, 0.4) is 0 Å².